The first-order chi connectivity index (χ1) is 9.06. The number of carbonyl (C=O) groups excluding carboxylic acids is 1. The van der Waals surface area contributed by atoms with Gasteiger partial charge >= 0.3 is 0 Å². The molecule has 2 rings (SSSR count). The van der Waals surface area contributed by atoms with Crippen molar-refractivity contribution in [2.45, 2.75) is 26.4 Å². The van der Waals surface area contributed by atoms with E-state index in [1.54, 1.807) is 11.6 Å². The third-order valence-corrected chi connectivity index (χ3v) is 2.74. The molecule has 0 aliphatic carbocycles. The third kappa shape index (κ3) is 3.42. The van der Waals surface area contributed by atoms with Crippen LogP contribution in [0.25, 0.3) is 0 Å². The average Bonchev–Trinajstić information content (AvgIpc) is 2.70. The highest BCUT2D eigenvalue weighted by Crippen LogP contribution is 2.13. The lowest BCUT2D eigenvalue weighted by Gasteiger charge is -2.10. The number of nitrogens with zero attached hydrogens (tertiary/aromatic N) is 2. The Balaban J connectivity index is 2.19. The fourth-order valence-corrected chi connectivity index (χ4v) is 1.76. The molecule has 0 spiro atoms. The van der Waals surface area contributed by atoms with Crippen LogP contribution in [0.5, 0.6) is 0 Å². The highest BCUT2D eigenvalue weighted by Gasteiger charge is 2.12. The van der Waals surface area contributed by atoms with Crippen molar-refractivity contribution >= 4 is 11.7 Å². The summed E-state index contributed by atoms with van der Waals surface area (Å²) in [6.45, 7) is 4.16. The Kier molecular flexibility index (Phi) is 3.97. The van der Waals surface area contributed by atoms with Gasteiger partial charge in [0, 0.05) is 6.07 Å². The summed E-state index contributed by atoms with van der Waals surface area (Å²) in [6, 6.07) is 11.3. The zero-order chi connectivity index (χ0) is 13.8. The van der Waals surface area contributed by atoms with Gasteiger partial charge in [0.05, 0.1) is 18.3 Å². The van der Waals surface area contributed by atoms with Gasteiger partial charge in [0.15, 0.2) is 0 Å². The number of nitrogens with two attached hydrogens (primary N) is 1. The fourth-order valence-electron chi connectivity index (χ4n) is 1.76. The minimum atomic E-state index is -0.541. The molecule has 2 aromatic rings. The number of anilines is 1. The van der Waals surface area contributed by atoms with Gasteiger partial charge in [-0.25, -0.2) is 4.68 Å². The minimum Gasteiger partial charge on any atom is -0.320 e. The Bertz CT molecular complexity index is 560. The van der Waals surface area contributed by atoms with Gasteiger partial charge in [-0.15, -0.1) is 0 Å². The number of amides is 1. The molecule has 0 fully saturated rings. The van der Waals surface area contributed by atoms with Crippen LogP contribution in [0.1, 0.15) is 18.2 Å². The molecule has 100 valence electrons. The van der Waals surface area contributed by atoms with E-state index in [1.165, 1.54) is 0 Å². The second kappa shape index (κ2) is 5.67. The Morgan fingerprint density at radius 1 is 1.42 bits per heavy atom. The molecular weight excluding hydrogens is 240 g/mol. The van der Waals surface area contributed by atoms with Gasteiger partial charge in [-0.2, -0.15) is 5.10 Å². The molecule has 0 saturated carbocycles. The van der Waals surface area contributed by atoms with E-state index in [4.69, 9.17) is 5.73 Å². The molecular formula is C14H18N4O. The van der Waals surface area contributed by atoms with E-state index in [-0.39, 0.29) is 5.91 Å². The van der Waals surface area contributed by atoms with Crippen molar-refractivity contribution < 1.29 is 4.79 Å². The number of hydrogen-bond donors (Lipinski definition) is 2. The Labute approximate surface area is 112 Å². The van der Waals surface area contributed by atoms with Crippen molar-refractivity contribution in [2.75, 3.05) is 5.32 Å². The number of nitrogens with one attached hydrogen (secondary N) is 1. The van der Waals surface area contributed by atoms with Crippen molar-refractivity contribution in [2.24, 2.45) is 5.73 Å². The molecule has 0 radical (unpaired) electrons. The SMILES string of the molecule is Cc1cc(NC(=O)[C@H](C)N)n(Cc2ccccc2)n1. The predicted octanol–water partition coefficient (Wildman–Crippen LogP) is 1.53. The molecule has 1 amide bonds. The van der Waals surface area contributed by atoms with Crippen molar-refractivity contribution in [3.8, 4) is 0 Å². The van der Waals surface area contributed by atoms with E-state index in [0.29, 0.717) is 12.4 Å². The normalized spacial score (nSPS) is 12.2. The molecule has 1 atom stereocenters. The molecule has 0 bridgehead atoms. The van der Waals surface area contributed by atoms with Gasteiger partial charge in [-0.3, -0.25) is 4.79 Å². The maximum atomic E-state index is 11.6. The first kappa shape index (κ1) is 13.3. The topological polar surface area (TPSA) is 72.9 Å². The summed E-state index contributed by atoms with van der Waals surface area (Å²) < 4.78 is 1.77. The van der Waals surface area contributed by atoms with Crippen LogP contribution in [0.4, 0.5) is 5.82 Å². The number of rotatable bonds is 4. The van der Waals surface area contributed by atoms with Crippen LogP contribution in [-0.2, 0) is 11.3 Å². The van der Waals surface area contributed by atoms with Crippen LogP contribution in [0.2, 0.25) is 0 Å². The van der Waals surface area contributed by atoms with Gasteiger partial charge in [-0.1, -0.05) is 30.3 Å². The molecule has 1 aromatic carbocycles. The quantitative estimate of drug-likeness (QED) is 0.873. The van der Waals surface area contributed by atoms with Crippen molar-refractivity contribution in [1.29, 1.82) is 0 Å². The summed E-state index contributed by atoms with van der Waals surface area (Å²) in [4.78, 5) is 11.6. The van der Waals surface area contributed by atoms with Crippen LogP contribution < -0.4 is 11.1 Å². The minimum absolute atomic E-state index is 0.214. The lowest BCUT2D eigenvalue weighted by molar-refractivity contribution is -0.117. The van der Waals surface area contributed by atoms with Gasteiger partial charge in [0.1, 0.15) is 5.82 Å². The summed E-state index contributed by atoms with van der Waals surface area (Å²) >= 11 is 0. The Morgan fingerprint density at radius 3 is 2.74 bits per heavy atom. The van der Waals surface area contributed by atoms with Gasteiger partial charge in [0.2, 0.25) is 5.91 Å². The van der Waals surface area contributed by atoms with Crippen molar-refractivity contribution in [3.63, 3.8) is 0 Å². The van der Waals surface area contributed by atoms with E-state index in [0.717, 1.165) is 11.3 Å². The third-order valence-electron chi connectivity index (χ3n) is 2.74. The van der Waals surface area contributed by atoms with E-state index in [1.807, 2.05) is 43.3 Å². The molecule has 0 aliphatic rings. The Morgan fingerprint density at radius 2 is 2.11 bits per heavy atom. The summed E-state index contributed by atoms with van der Waals surface area (Å²) in [5, 5.41) is 7.17. The second-order valence-electron chi connectivity index (χ2n) is 4.59. The average molecular weight is 258 g/mol. The van der Waals surface area contributed by atoms with Crippen molar-refractivity contribution in [3.05, 3.63) is 47.7 Å². The van der Waals surface area contributed by atoms with E-state index < -0.39 is 6.04 Å². The number of aryl methyl sites for hydroxylation is 1. The van der Waals surface area contributed by atoms with Crippen molar-refractivity contribution in [1.82, 2.24) is 9.78 Å². The molecule has 5 heteroatoms. The molecule has 19 heavy (non-hydrogen) atoms. The van der Waals surface area contributed by atoms with Gasteiger partial charge in [-0.05, 0) is 19.4 Å². The fraction of sp³-hybridized carbons (Fsp3) is 0.286. The largest absolute Gasteiger partial charge is 0.320 e. The standard InChI is InChI=1S/C14H18N4O/c1-10-8-13(16-14(19)11(2)15)18(17-10)9-12-6-4-3-5-7-12/h3-8,11H,9,15H2,1-2H3,(H,16,19)/t11-/m0/s1. The number of carbonyl (C=O) groups is 1. The van der Waals surface area contributed by atoms with Crippen LogP contribution in [0, 0.1) is 6.92 Å². The zero-order valence-corrected chi connectivity index (χ0v) is 11.1. The van der Waals surface area contributed by atoms with E-state index in [9.17, 15) is 4.79 Å². The lowest BCUT2D eigenvalue weighted by atomic mass is 10.2. The van der Waals surface area contributed by atoms with E-state index >= 15 is 0 Å². The van der Waals surface area contributed by atoms with Gasteiger partial charge < -0.3 is 11.1 Å². The number of hydrogen-bond acceptors (Lipinski definition) is 3. The van der Waals surface area contributed by atoms with Crippen LogP contribution in [0.15, 0.2) is 36.4 Å². The summed E-state index contributed by atoms with van der Waals surface area (Å²) in [5.41, 5.74) is 7.54. The number of aromatic nitrogens is 2. The molecule has 5 nitrogen and oxygen atoms in total. The zero-order valence-electron chi connectivity index (χ0n) is 11.1. The maximum absolute atomic E-state index is 11.6. The summed E-state index contributed by atoms with van der Waals surface area (Å²) in [5.74, 6) is 0.456. The van der Waals surface area contributed by atoms with Gasteiger partial charge in [0.25, 0.3) is 0 Å². The molecule has 1 aromatic heterocycles. The first-order valence-electron chi connectivity index (χ1n) is 6.21. The van der Waals surface area contributed by atoms with E-state index in [2.05, 4.69) is 10.4 Å². The number of benzene rings is 1. The molecule has 1 heterocycles. The first-order valence-corrected chi connectivity index (χ1v) is 6.21. The monoisotopic (exact) mass is 258 g/mol. The Hall–Kier alpha value is -2.14. The second-order valence-corrected chi connectivity index (χ2v) is 4.59. The maximum Gasteiger partial charge on any atom is 0.242 e. The molecule has 3 N–H and O–H groups in total. The lowest BCUT2D eigenvalue weighted by Crippen LogP contribution is -2.33. The van der Waals surface area contributed by atoms with Crippen LogP contribution in [-0.4, -0.2) is 21.7 Å². The van der Waals surface area contributed by atoms with Crippen LogP contribution >= 0.6 is 0 Å². The highest BCUT2D eigenvalue weighted by atomic mass is 16.2. The molecule has 0 unspecified atom stereocenters. The highest BCUT2D eigenvalue weighted by molar-refractivity contribution is 5.93. The van der Waals surface area contributed by atoms with Crippen LogP contribution in [0.3, 0.4) is 0 Å². The molecule has 0 saturated heterocycles. The summed E-state index contributed by atoms with van der Waals surface area (Å²) in [7, 11) is 0. The summed E-state index contributed by atoms with van der Waals surface area (Å²) in [6.07, 6.45) is 0. The smallest absolute Gasteiger partial charge is 0.242 e. The predicted molar refractivity (Wildman–Crippen MR) is 74.8 cm³/mol. The molecule has 0 aliphatic heterocycles.